The molecular formula is C22H30N4O. The molecular weight excluding hydrogens is 336 g/mol. The second-order valence-corrected chi connectivity index (χ2v) is 8.28. The Balaban J connectivity index is 1.29. The van der Waals surface area contributed by atoms with E-state index in [4.69, 9.17) is 0 Å². The van der Waals surface area contributed by atoms with Gasteiger partial charge in [0.2, 0.25) is 5.91 Å². The Bertz CT molecular complexity index is 775. The van der Waals surface area contributed by atoms with E-state index in [9.17, 15) is 4.79 Å². The lowest BCUT2D eigenvalue weighted by atomic mass is 9.79. The number of likely N-dealkylation sites (tertiary alicyclic amines) is 1. The van der Waals surface area contributed by atoms with Crippen molar-refractivity contribution in [2.24, 2.45) is 5.41 Å². The molecule has 144 valence electrons. The van der Waals surface area contributed by atoms with Gasteiger partial charge in [-0.25, -0.2) is 4.98 Å². The minimum atomic E-state index is -0.266. The van der Waals surface area contributed by atoms with Gasteiger partial charge in [0.05, 0.1) is 18.4 Å². The number of carbonyl (C=O) groups excluding carboxylic acids is 1. The molecule has 5 heteroatoms. The highest BCUT2D eigenvalue weighted by atomic mass is 16.2. The van der Waals surface area contributed by atoms with Gasteiger partial charge in [-0.15, -0.1) is 0 Å². The van der Waals surface area contributed by atoms with Crippen LogP contribution in [0.2, 0.25) is 0 Å². The lowest BCUT2D eigenvalue weighted by Crippen LogP contribution is -2.47. The second kappa shape index (κ2) is 7.85. The van der Waals surface area contributed by atoms with Crippen molar-refractivity contribution >= 4 is 5.91 Å². The highest BCUT2D eigenvalue weighted by molar-refractivity contribution is 5.82. The molecule has 0 saturated carbocycles. The molecule has 0 unspecified atom stereocenters. The number of piperidine rings is 1. The van der Waals surface area contributed by atoms with Crippen molar-refractivity contribution in [3.8, 4) is 0 Å². The summed E-state index contributed by atoms with van der Waals surface area (Å²) < 4.78 is 2.29. The number of aromatic nitrogens is 2. The van der Waals surface area contributed by atoms with Gasteiger partial charge in [-0.3, -0.25) is 9.69 Å². The number of carbonyl (C=O) groups is 1. The molecule has 0 radical (unpaired) electrons. The molecule has 2 aliphatic heterocycles. The van der Waals surface area contributed by atoms with E-state index < -0.39 is 0 Å². The molecule has 2 aromatic rings. The first-order chi connectivity index (χ1) is 13.1. The van der Waals surface area contributed by atoms with Crippen LogP contribution in [0.4, 0.5) is 0 Å². The van der Waals surface area contributed by atoms with Gasteiger partial charge in [0.15, 0.2) is 0 Å². The number of rotatable bonds is 5. The highest BCUT2D eigenvalue weighted by Gasteiger charge is 2.36. The number of nitrogens with zero attached hydrogens (tertiary/aromatic N) is 3. The van der Waals surface area contributed by atoms with Crippen LogP contribution in [0, 0.1) is 5.41 Å². The van der Waals surface area contributed by atoms with E-state index in [1.807, 2.05) is 6.20 Å². The van der Waals surface area contributed by atoms with E-state index in [1.165, 1.54) is 24.2 Å². The predicted molar refractivity (Wildman–Crippen MR) is 106 cm³/mol. The van der Waals surface area contributed by atoms with E-state index in [0.717, 1.165) is 51.1 Å². The third-order valence-corrected chi connectivity index (χ3v) is 6.24. The summed E-state index contributed by atoms with van der Waals surface area (Å²) in [6, 6.07) is 10.6. The lowest BCUT2D eigenvalue weighted by Gasteiger charge is -2.38. The number of hydrogen-bond acceptors (Lipinski definition) is 3. The third kappa shape index (κ3) is 4.08. The van der Waals surface area contributed by atoms with E-state index in [-0.39, 0.29) is 11.3 Å². The quantitative estimate of drug-likeness (QED) is 0.884. The first-order valence-corrected chi connectivity index (χ1v) is 10.2. The van der Waals surface area contributed by atoms with Gasteiger partial charge in [0, 0.05) is 24.9 Å². The molecule has 4 rings (SSSR count). The number of fused-ring (bicyclic) bond motifs is 1. The summed E-state index contributed by atoms with van der Waals surface area (Å²) in [7, 11) is 0. The van der Waals surface area contributed by atoms with Crippen LogP contribution < -0.4 is 5.32 Å². The van der Waals surface area contributed by atoms with Crippen LogP contribution in [-0.4, -0.2) is 33.4 Å². The molecule has 1 fully saturated rings. The van der Waals surface area contributed by atoms with E-state index in [1.54, 1.807) is 0 Å². The molecule has 1 N–H and O–H groups in total. The Labute approximate surface area is 161 Å². The third-order valence-electron chi connectivity index (χ3n) is 6.24. The summed E-state index contributed by atoms with van der Waals surface area (Å²) in [4.78, 5) is 19.9. The predicted octanol–water partition coefficient (Wildman–Crippen LogP) is 3.14. The standard InChI is InChI=1S/C22H30N4O/c1-22(10-13-25(14-11-22)17-18-7-3-2-4-8-18)21(27)24-16-19-15-23-20-9-5-6-12-26(19)20/h2-4,7-8,15H,5-6,9-14,16-17H2,1H3,(H,24,27). The van der Waals surface area contributed by atoms with Crippen LogP contribution >= 0.6 is 0 Å². The Morgan fingerprint density at radius 1 is 1.15 bits per heavy atom. The van der Waals surface area contributed by atoms with E-state index in [2.05, 4.69) is 57.0 Å². The average Bonchev–Trinajstić information content (AvgIpc) is 3.12. The summed E-state index contributed by atoms with van der Waals surface area (Å²) in [5.74, 6) is 1.36. The van der Waals surface area contributed by atoms with Crippen molar-refractivity contribution in [1.29, 1.82) is 0 Å². The van der Waals surface area contributed by atoms with Gasteiger partial charge >= 0.3 is 0 Å². The highest BCUT2D eigenvalue weighted by Crippen LogP contribution is 2.32. The Morgan fingerprint density at radius 3 is 2.70 bits per heavy atom. The number of benzene rings is 1. The van der Waals surface area contributed by atoms with Gasteiger partial charge < -0.3 is 9.88 Å². The smallest absolute Gasteiger partial charge is 0.226 e. The monoisotopic (exact) mass is 366 g/mol. The zero-order chi connectivity index (χ0) is 18.7. The zero-order valence-electron chi connectivity index (χ0n) is 16.3. The first-order valence-electron chi connectivity index (χ1n) is 10.2. The molecule has 1 amide bonds. The van der Waals surface area contributed by atoms with E-state index >= 15 is 0 Å². The van der Waals surface area contributed by atoms with Crippen molar-refractivity contribution in [3.63, 3.8) is 0 Å². The molecule has 3 heterocycles. The summed E-state index contributed by atoms with van der Waals surface area (Å²) >= 11 is 0. The van der Waals surface area contributed by atoms with Gasteiger partial charge in [-0.2, -0.15) is 0 Å². The summed E-state index contributed by atoms with van der Waals surface area (Å²) in [5, 5.41) is 3.19. The maximum absolute atomic E-state index is 12.9. The van der Waals surface area contributed by atoms with Crippen LogP contribution in [0.1, 0.15) is 49.7 Å². The molecule has 0 spiro atoms. The van der Waals surface area contributed by atoms with Crippen LogP contribution in [0.25, 0.3) is 0 Å². The fourth-order valence-corrected chi connectivity index (χ4v) is 4.28. The fraction of sp³-hybridized carbons (Fsp3) is 0.545. The molecule has 2 aliphatic rings. The zero-order valence-corrected chi connectivity index (χ0v) is 16.3. The fourth-order valence-electron chi connectivity index (χ4n) is 4.28. The van der Waals surface area contributed by atoms with Crippen LogP contribution in [-0.2, 0) is 30.8 Å². The second-order valence-electron chi connectivity index (χ2n) is 8.28. The molecule has 1 saturated heterocycles. The van der Waals surface area contributed by atoms with Crippen LogP contribution in [0.5, 0.6) is 0 Å². The molecule has 1 aromatic carbocycles. The van der Waals surface area contributed by atoms with Crippen molar-refractivity contribution < 1.29 is 4.79 Å². The van der Waals surface area contributed by atoms with Gasteiger partial charge in [0.25, 0.3) is 0 Å². The van der Waals surface area contributed by atoms with Crippen molar-refractivity contribution in [2.45, 2.75) is 58.7 Å². The number of amides is 1. The number of aryl methyl sites for hydroxylation is 1. The summed E-state index contributed by atoms with van der Waals surface area (Å²) in [6.07, 6.45) is 7.25. The Kier molecular flexibility index (Phi) is 5.30. The Hall–Kier alpha value is -2.14. The molecule has 0 bridgehead atoms. The van der Waals surface area contributed by atoms with Crippen molar-refractivity contribution in [1.82, 2.24) is 19.8 Å². The van der Waals surface area contributed by atoms with Crippen LogP contribution in [0.15, 0.2) is 36.5 Å². The molecule has 0 aliphatic carbocycles. The topological polar surface area (TPSA) is 50.2 Å². The molecule has 27 heavy (non-hydrogen) atoms. The minimum absolute atomic E-state index is 0.188. The average molecular weight is 367 g/mol. The van der Waals surface area contributed by atoms with Crippen LogP contribution in [0.3, 0.4) is 0 Å². The first kappa shape index (κ1) is 18.2. The number of hydrogen-bond donors (Lipinski definition) is 1. The number of imidazole rings is 1. The molecule has 5 nitrogen and oxygen atoms in total. The van der Waals surface area contributed by atoms with Crippen molar-refractivity contribution in [3.05, 3.63) is 53.6 Å². The maximum atomic E-state index is 12.9. The summed E-state index contributed by atoms with van der Waals surface area (Å²) in [5.41, 5.74) is 2.22. The molecule has 1 aromatic heterocycles. The van der Waals surface area contributed by atoms with Gasteiger partial charge in [0.1, 0.15) is 5.82 Å². The minimum Gasteiger partial charge on any atom is -0.350 e. The SMILES string of the molecule is CC1(C(=O)NCc2cnc3n2CCCC3)CCN(Cc2ccccc2)CC1. The molecule has 0 atom stereocenters. The summed E-state index contributed by atoms with van der Waals surface area (Å²) in [6.45, 7) is 6.66. The van der Waals surface area contributed by atoms with Gasteiger partial charge in [-0.05, 0) is 44.3 Å². The van der Waals surface area contributed by atoms with Gasteiger partial charge in [-0.1, -0.05) is 37.3 Å². The van der Waals surface area contributed by atoms with Crippen molar-refractivity contribution in [2.75, 3.05) is 13.1 Å². The largest absolute Gasteiger partial charge is 0.350 e. The van der Waals surface area contributed by atoms with E-state index in [0.29, 0.717) is 6.54 Å². The number of nitrogens with one attached hydrogen (secondary N) is 1. The maximum Gasteiger partial charge on any atom is 0.226 e. The lowest BCUT2D eigenvalue weighted by molar-refractivity contribution is -0.133. The Morgan fingerprint density at radius 2 is 1.93 bits per heavy atom. The normalized spacial score (nSPS) is 19.4.